The van der Waals surface area contributed by atoms with Crippen LogP contribution in [0.4, 0.5) is 0 Å². The molecule has 10 aromatic rings. The van der Waals surface area contributed by atoms with E-state index in [4.69, 9.17) is 4.42 Å². The molecule has 0 atom stereocenters. The minimum atomic E-state index is -1.22. The van der Waals surface area contributed by atoms with Crippen LogP contribution < -0.4 is 5.19 Å². The zero-order valence-electron chi connectivity index (χ0n) is 32.7. The van der Waals surface area contributed by atoms with Gasteiger partial charge in [0.05, 0.1) is 25.2 Å². The van der Waals surface area contributed by atoms with Gasteiger partial charge in [0.1, 0.15) is 11.2 Å². The fraction of sp³-hybridized carbons (Fsp3) is 0.0577. The van der Waals surface area contributed by atoms with Gasteiger partial charge < -0.3 is 4.42 Å². The van der Waals surface area contributed by atoms with Crippen LogP contribution in [0.15, 0.2) is 211 Å². The summed E-state index contributed by atoms with van der Waals surface area (Å²) in [5, 5.41) is 6.00. The average molecular weight is 946 g/mol. The van der Waals surface area contributed by atoms with Crippen LogP contribution in [0.25, 0.3) is 77.6 Å². The topological polar surface area (TPSA) is 51.8 Å². The van der Waals surface area contributed by atoms with Crippen LogP contribution >= 0.6 is 0 Å². The second-order valence-corrected chi connectivity index (χ2v) is 20.0. The Balaban J connectivity index is 0.000000149. The number of pyridine rings is 3. The molecule has 0 fully saturated rings. The standard InChI is InChI=1S/C27H17NO.C14H17NSi.C11H9N.Ir/c1-2-6-18(7-3-1)20-10-12-23-24-14-21(11-13-26(24)29-27(23)16-20)25-15-19-8-4-5-9-22(19)17-28-25;1-16(2,3)13-9-10-14(15-11-13)12-7-5-4-6-8-12;1-2-6-10(7-3-1)11-8-4-5-9-12-11;/h1-17H;4-11H,1-3H3;1-9H;. The van der Waals surface area contributed by atoms with Crippen molar-refractivity contribution < 1.29 is 24.5 Å². The molecule has 6 aromatic carbocycles. The summed E-state index contributed by atoms with van der Waals surface area (Å²) < 4.78 is 6.16. The molecule has 0 saturated heterocycles. The van der Waals surface area contributed by atoms with E-state index < -0.39 is 8.07 Å². The Morgan fingerprint density at radius 2 is 0.966 bits per heavy atom. The monoisotopic (exact) mass is 946 g/mol. The first kappa shape index (κ1) is 39.9. The summed E-state index contributed by atoms with van der Waals surface area (Å²) in [6.45, 7) is 7.02. The average Bonchev–Trinajstić information content (AvgIpc) is 3.65. The van der Waals surface area contributed by atoms with Crippen molar-refractivity contribution in [3.05, 3.63) is 207 Å². The van der Waals surface area contributed by atoms with E-state index in [1.54, 1.807) is 0 Å². The molecule has 0 aliphatic rings. The fourth-order valence-corrected chi connectivity index (χ4v) is 7.78. The van der Waals surface area contributed by atoms with Gasteiger partial charge in [0.2, 0.25) is 0 Å². The second-order valence-electron chi connectivity index (χ2n) is 14.9. The molecular formula is C52H43IrN3OSi. The smallest absolute Gasteiger partial charge is 0.136 e. The van der Waals surface area contributed by atoms with Crippen molar-refractivity contribution in [2.75, 3.05) is 0 Å². The summed E-state index contributed by atoms with van der Waals surface area (Å²) in [4.78, 5) is 13.5. The molecule has 0 aliphatic heterocycles. The molecule has 6 heteroatoms. The van der Waals surface area contributed by atoms with E-state index >= 15 is 0 Å². The minimum absolute atomic E-state index is 0. The zero-order valence-corrected chi connectivity index (χ0v) is 36.1. The van der Waals surface area contributed by atoms with Crippen molar-refractivity contribution in [3.63, 3.8) is 0 Å². The number of benzene rings is 6. The molecule has 10 rings (SSSR count). The van der Waals surface area contributed by atoms with Gasteiger partial charge in [-0.3, -0.25) is 15.0 Å². The number of hydrogen-bond donors (Lipinski definition) is 0. The van der Waals surface area contributed by atoms with Crippen molar-refractivity contribution in [1.82, 2.24) is 15.0 Å². The number of nitrogens with zero attached hydrogens (tertiary/aromatic N) is 3. The summed E-state index contributed by atoms with van der Waals surface area (Å²) in [5.41, 5.74) is 10.7. The Morgan fingerprint density at radius 1 is 0.379 bits per heavy atom. The zero-order chi connectivity index (χ0) is 39.0. The molecule has 0 amide bonds. The third-order valence-electron chi connectivity index (χ3n) is 9.94. The maximum Gasteiger partial charge on any atom is 0.136 e. The van der Waals surface area contributed by atoms with Crippen LogP contribution in [0.2, 0.25) is 19.6 Å². The van der Waals surface area contributed by atoms with Crippen molar-refractivity contribution in [2.45, 2.75) is 19.6 Å². The van der Waals surface area contributed by atoms with Gasteiger partial charge in [-0.15, -0.1) is 0 Å². The van der Waals surface area contributed by atoms with Gasteiger partial charge in [-0.25, -0.2) is 0 Å². The predicted molar refractivity (Wildman–Crippen MR) is 242 cm³/mol. The van der Waals surface area contributed by atoms with E-state index in [9.17, 15) is 0 Å². The SMILES string of the molecule is C[Si](C)(C)c1ccc(-c2ccccc2)nc1.[Ir].c1ccc(-c2ccc3c(c2)oc2ccc(-c4cc5ccccc5cn4)cc23)cc1.c1ccc(-c2ccccn2)cc1. The maximum atomic E-state index is 6.16. The van der Waals surface area contributed by atoms with Crippen molar-refractivity contribution in [3.8, 4) is 44.9 Å². The number of furan rings is 1. The number of rotatable bonds is 5. The molecule has 58 heavy (non-hydrogen) atoms. The summed E-state index contributed by atoms with van der Waals surface area (Å²) >= 11 is 0. The third kappa shape index (κ3) is 9.45. The molecule has 0 unspecified atom stereocenters. The van der Waals surface area contributed by atoms with Crippen molar-refractivity contribution >= 4 is 46.0 Å². The first-order valence-corrected chi connectivity index (χ1v) is 22.7. The van der Waals surface area contributed by atoms with Crippen molar-refractivity contribution in [2.24, 2.45) is 0 Å². The van der Waals surface area contributed by atoms with E-state index in [1.807, 2.05) is 91.4 Å². The molecule has 4 aromatic heterocycles. The minimum Gasteiger partial charge on any atom is -0.456 e. The molecule has 0 spiro atoms. The van der Waals surface area contributed by atoms with E-state index in [0.717, 1.165) is 61.1 Å². The fourth-order valence-electron chi connectivity index (χ4n) is 6.75. The number of aromatic nitrogens is 3. The van der Waals surface area contributed by atoms with Gasteiger partial charge in [0.15, 0.2) is 0 Å². The number of hydrogen-bond acceptors (Lipinski definition) is 4. The maximum absolute atomic E-state index is 6.16. The summed E-state index contributed by atoms with van der Waals surface area (Å²) in [6.07, 6.45) is 5.78. The van der Waals surface area contributed by atoms with Gasteiger partial charge >= 0.3 is 0 Å². The van der Waals surface area contributed by atoms with Gasteiger partial charge in [-0.1, -0.05) is 153 Å². The van der Waals surface area contributed by atoms with Crippen LogP contribution in [-0.2, 0) is 20.1 Å². The Kier molecular flexibility index (Phi) is 12.6. The molecule has 0 N–H and O–H groups in total. The van der Waals surface area contributed by atoms with Crippen molar-refractivity contribution in [1.29, 1.82) is 0 Å². The summed E-state index contributed by atoms with van der Waals surface area (Å²) in [5.74, 6) is 0. The Bertz CT molecular complexity index is 2820. The normalized spacial score (nSPS) is 10.9. The summed E-state index contributed by atoms with van der Waals surface area (Å²) in [6, 6.07) is 64.3. The van der Waals surface area contributed by atoms with Crippen LogP contribution in [0.3, 0.4) is 0 Å². The molecule has 0 bridgehead atoms. The molecular weight excluding hydrogens is 903 g/mol. The first-order chi connectivity index (χ1) is 27.9. The Hall–Kier alpha value is -6.30. The molecule has 4 heterocycles. The molecule has 0 saturated carbocycles. The quantitative estimate of drug-likeness (QED) is 0.161. The van der Waals surface area contributed by atoms with Crippen LogP contribution in [0.1, 0.15) is 0 Å². The van der Waals surface area contributed by atoms with E-state index in [-0.39, 0.29) is 20.1 Å². The van der Waals surface area contributed by atoms with Crippen LogP contribution in [-0.4, -0.2) is 23.0 Å². The van der Waals surface area contributed by atoms with E-state index in [0.29, 0.717) is 0 Å². The molecule has 1 radical (unpaired) electrons. The van der Waals surface area contributed by atoms with Crippen LogP contribution in [0, 0.1) is 0 Å². The van der Waals surface area contributed by atoms with Gasteiger partial charge in [-0.2, -0.15) is 0 Å². The number of fused-ring (bicyclic) bond motifs is 4. The first-order valence-electron chi connectivity index (χ1n) is 19.2. The molecule has 4 nitrogen and oxygen atoms in total. The van der Waals surface area contributed by atoms with Crippen LogP contribution in [0.5, 0.6) is 0 Å². The summed E-state index contributed by atoms with van der Waals surface area (Å²) in [7, 11) is -1.22. The molecule has 285 valence electrons. The molecule has 0 aliphatic carbocycles. The Labute approximate surface area is 354 Å². The third-order valence-corrected chi connectivity index (χ3v) is 12.0. The van der Waals surface area contributed by atoms with Gasteiger partial charge in [0, 0.05) is 71.5 Å². The van der Waals surface area contributed by atoms with E-state index in [1.165, 1.54) is 21.7 Å². The van der Waals surface area contributed by atoms with Gasteiger partial charge in [0.25, 0.3) is 0 Å². The van der Waals surface area contributed by atoms with E-state index in [2.05, 4.69) is 150 Å². The van der Waals surface area contributed by atoms with Gasteiger partial charge in [-0.05, 0) is 76.3 Å². The predicted octanol–water partition coefficient (Wildman–Crippen LogP) is 13.5. The Morgan fingerprint density at radius 3 is 1.59 bits per heavy atom. The largest absolute Gasteiger partial charge is 0.456 e. The second kappa shape index (κ2) is 18.3.